The van der Waals surface area contributed by atoms with E-state index in [9.17, 15) is 4.39 Å². The number of rotatable bonds is 2. The summed E-state index contributed by atoms with van der Waals surface area (Å²) in [6.07, 6.45) is 0. The molecule has 0 aromatic heterocycles. The second-order valence-corrected chi connectivity index (χ2v) is 4.02. The zero-order valence-electron chi connectivity index (χ0n) is 8.18. The van der Waals surface area contributed by atoms with Gasteiger partial charge in [0.05, 0.1) is 15.7 Å². The summed E-state index contributed by atoms with van der Waals surface area (Å²) < 4.78 is 12.7. The molecular formula is C12H8Cl2FN. The topological polar surface area (TPSA) is 12.0 Å². The fourth-order valence-electron chi connectivity index (χ4n) is 1.29. The SMILES string of the molecule is Fc1ccc(Nc2cccc(Cl)c2Cl)cc1. The molecule has 0 bridgehead atoms. The first-order valence-electron chi connectivity index (χ1n) is 4.63. The summed E-state index contributed by atoms with van der Waals surface area (Å²) in [7, 11) is 0. The van der Waals surface area contributed by atoms with E-state index < -0.39 is 0 Å². The van der Waals surface area contributed by atoms with Crippen LogP contribution in [0.25, 0.3) is 0 Å². The Morgan fingerprint density at radius 1 is 0.938 bits per heavy atom. The van der Waals surface area contributed by atoms with Crippen molar-refractivity contribution in [1.29, 1.82) is 0 Å². The number of hydrogen-bond acceptors (Lipinski definition) is 1. The highest BCUT2D eigenvalue weighted by Gasteiger charge is 2.04. The van der Waals surface area contributed by atoms with E-state index >= 15 is 0 Å². The third kappa shape index (κ3) is 2.46. The highest BCUT2D eigenvalue weighted by Crippen LogP contribution is 2.31. The first-order chi connectivity index (χ1) is 7.66. The zero-order chi connectivity index (χ0) is 11.5. The third-order valence-electron chi connectivity index (χ3n) is 2.07. The summed E-state index contributed by atoms with van der Waals surface area (Å²) in [4.78, 5) is 0. The van der Waals surface area contributed by atoms with Gasteiger partial charge in [0.15, 0.2) is 0 Å². The predicted octanol–water partition coefficient (Wildman–Crippen LogP) is 4.88. The molecular weight excluding hydrogens is 248 g/mol. The molecule has 1 nitrogen and oxygen atoms in total. The Bertz CT molecular complexity index is 497. The monoisotopic (exact) mass is 255 g/mol. The molecule has 0 radical (unpaired) electrons. The summed E-state index contributed by atoms with van der Waals surface area (Å²) in [6.45, 7) is 0. The molecule has 0 saturated carbocycles. The van der Waals surface area contributed by atoms with Crippen LogP contribution in [0.15, 0.2) is 42.5 Å². The maximum atomic E-state index is 12.7. The lowest BCUT2D eigenvalue weighted by Gasteiger charge is -2.08. The van der Waals surface area contributed by atoms with Gasteiger partial charge in [0, 0.05) is 5.69 Å². The number of nitrogens with one attached hydrogen (secondary N) is 1. The average molecular weight is 256 g/mol. The van der Waals surface area contributed by atoms with Gasteiger partial charge >= 0.3 is 0 Å². The predicted molar refractivity (Wildman–Crippen MR) is 66.1 cm³/mol. The van der Waals surface area contributed by atoms with Gasteiger partial charge in [-0.1, -0.05) is 29.3 Å². The van der Waals surface area contributed by atoms with E-state index in [0.29, 0.717) is 15.7 Å². The third-order valence-corrected chi connectivity index (χ3v) is 2.89. The Balaban J connectivity index is 2.27. The number of benzene rings is 2. The van der Waals surface area contributed by atoms with Gasteiger partial charge in [0.25, 0.3) is 0 Å². The van der Waals surface area contributed by atoms with Gasteiger partial charge in [-0.05, 0) is 36.4 Å². The number of anilines is 2. The van der Waals surface area contributed by atoms with Crippen molar-refractivity contribution in [3.8, 4) is 0 Å². The lowest BCUT2D eigenvalue weighted by atomic mass is 10.2. The van der Waals surface area contributed by atoms with Gasteiger partial charge < -0.3 is 5.32 Å². The molecule has 82 valence electrons. The quantitative estimate of drug-likeness (QED) is 0.807. The molecule has 0 fully saturated rings. The molecule has 16 heavy (non-hydrogen) atoms. The van der Waals surface area contributed by atoms with Crippen molar-refractivity contribution in [1.82, 2.24) is 0 Å². The minimum Gasteiger partial charge on any atom is -0.354 e. The van der Waals surface area contributed by atoms with Crippen molar-refractivity contribution < 1.29 is 4.39 Å². The molecule has 0 atom stereocenters. The van der Waals surface area contributed by atoms with Crippen LogP contribution in [0.4, 0.5) is 15.8 Å². The van der Waals surface area contributed by atoms with Crippen LogP contribution < -0.4 is 5.32 Å². The maximum absolute atomic E-state index is 12.7. The lowest BCUT2D eigenvalue weighted by molar-refractivity contribution is 0.628. The van der Waals surface area contributed by atoms with Gasteiger partial charge in [-0.25, -0.2) is 4.39 Å². The van der Waals surface area contributed by atoms with Crippen molar-refractivity contribution in [3.05, 3.63) is 58.3 Å². The van der Waals surface area contributed by atoms with Gasteiger partial charge in [-0.3, -0.25) is 0 Å². The van der Waals surface area contributed by atoms with Gasteiger partial charge in [-0.2, -0.15) is 0 Å². The van der Waals surface area contributed by atoms with Gasteiger partial charge in [-0.15, -0.1) is 0 Å². The van der Waals surface area contributed by atoms with Crippen molar-refractivity contribution in [3.63, 3.8) is 0 Å². The maximum Gasteiger partial charge on any atom is 0.123 e. The number of hydrogen-bond donors (Lipinski definition) is 1. The molecule has 2 aromatic rings. The summed E-state index contributed by atoms with van der Waals surface area (Å²) in [6, 6.07) is 11.3. The Hall–Kier alpha value is -1.25. The van der Waals surface area contributed by atoms with Crippen molar-refractivity contribution in [2.24, 2.45) is 0 Å². The fourth-order valence-corrected chi connectivity index (χ4v) is 1.64. The Morgan fingerprint density at radius 2 is 1.62 bits per heavy atom. The van der Waals surface area contributed by atoms with Crippen LogP contribution in [0.3, 0.4) is 0 Å². The highest BCUT2D eigenvalue weighted by atomic mass is 35.5. The standard InChI is InChI=1S/C12H8Cl2FN/c13-10-2-1-3-11(12(10)14)16-9-6-4-8(15)5-7-9/h1-7,16H. The molecule has 0 spiro atoms. The van der Waals surface area contributed by atoms with Crippen LogP contribution in [0.1, 0.15) is 0 Å². The molecule has 0 amide bonds. The van der Waals surface area contributed by atoms with Crippen molar-refractivity contribution >= 4 is 34.6 Å². The molecule has 0 heterocycles. The van der Waals surface area contributed by atoms with Crippen LogP contribution in [-0.4, -0.2) is 0 Å². The molecule has 0 saturated heterocycles. The Kier molecular flexibility index (Phi) is 3.32. The van der Waals surface area contributed by atoms with E-state index in [1.807, 2.05) is 0 Å². The summed E-state index contributed by atoms with van der Waals surface area (Å²) >= 11 is 11.9. The Morgan fingerprint density at radius 3 is 2.31 bits per heavy atom. The lowest BCUT2D eigenvalue weighted by Crippen LogP contribution is -1.91. The zero-order valence-corrected chi connectivity index (χ0v) is 9.69. The van der Waals surface area contributed by atoms with Crippen LogP contribution in [0.5, 0.6) is 0 Å². The average Bonchev–Trinajstić information content (AvgIpc) is 2.28. The second-order valence-electron chi connectivity index (χ2n) is 3.23. The summed E-state index contributed by atoms with van der Waals surface area (Å²) in [5, 5.41) is 3.99. The van der Waals surface area contributed by atoms with E-state index in [1.165, 1.54) is 12.1 Å². The van der Waals surface area contributed by atoms with Crippen LogP contribution >= 0.6 is 23.2 Å². The van der Waals surface area contributed by atoms with E-state index in [0.717, 1.165) is 5.69 Å². The summed E-state index contributed by atoms with van der Waals surface area (Å²) in [5.41, 5.74) is 1.45. The first-order valence-corrected chi connectivity index (χ1v) is 5.39. The van der Waals surface area contributed by atoms with Gasteiger partial charge in [0.2, 0.25) is 0 Å². The Labute approximate surface area is 103 Å². The molecule has 2 rings (SSSR count). The molecule has 1 N–H and O–H groups in total. The van der Waals surface area contributed by atoms with E-state index in [4.69, 9.17) is 23.2 Å². The van der Waals surface area contributed by atoms with Crippen molar-refractivity contribution in [2.45, 2.75) is 0 Å². The normalized spacial score (nSPS) is 10.2. The van der Waals surface area contributed by atoms with Crippen LogP contribution in [0, 0.1) is 5.82 Å². The fraction of sp³-hybridized carbons (Fsp3) is 0. The summed E-state index contributed by atoms with van der Waals surface area (Å²) in [5.74, 6) is -0.275. The largest absolute Gasteiger partial charge is 0.354 e. The van der Waals surface area contributed by atoms with Crippen molar-refractivity contribution in [2.75, 3.05) is 5.32 Å². The minimum absolute atomic E-state index is 0.275. The van der Waals surface area contributed by atoms with E-state index in [2.05, 4.69) is 5.32 Å². The molecule has 4 heteroatoms. The van der Waals surface area contributed by atoms with Crippen LogP contribution in [-0.2, 0) is 0 Å². The second kappa shape index (κ2) is 4.73. The van der Waals surface area contributed by atoms with Crippen LogP contribution in [0.2, 0.25) is 10.0 Å². The number of halogens is 3. The molecule has 2 aromatic carbocycles. The van der Waals surface area contributed by atoms with E-state index in [-0.39, 0.29) is 5.82 Å². The first kappa shape index (κ1) is 11.2. The highest BCUT2D eigenvalue weighted by molar-refractivity contribution is 6.43. The van der Waals surface area contributed by atoms with Gasteiger partial charge in [0.1, 0.15) is 5.82 Å². The molecule has 0 aliphatic rings. The molecule has 0 aliphatic carbocycles. The van der Waals surface area contributed by atoms with E-state index in [1.54, 1.807) is 30.3 Å². The molecule has 0 unspecified atom stereocenters. The molecule has 0 aliphatic heterocycles. The smallest absolute Gasteiger partial charge is 0.123 e. The minimum atomic E-state index is -0.275.